The Bertz CT molecular complexity index is 626. The van der Waals surface area contributed by atoms with Crippen LogP contribution in [0.4, 0.5) is 0 Å². The molecule has 1 amide bonds. The van der Waals surface area contributed by atoms with Gasteiger partial charge in [0.15, 0.2) is 6.61 Å². The molecule has 1 aromatic carbocycles. The fourth-order valence-corrected chi connectivity index (χ4v) is 3.56. The molecule has 1 heterocycles. The molecule has 0 unspecified atom stereocenters. The Morgan fingerprint density at radius 1 is 1.25 bits per heavy atom. The standard InChI is InChI=1S/C15H22N2O6S/c18-9-1-6-16-15(19)12-23-13-2-4-14(5-3-13)24(20,21)17-7-10-22-11-8-17/h2-5,18H,1,6-12H2,(H,16,19). The van der Waals surface area contributed by atoms with Crippen LogP contribution in [0.3, 0.4) is 0 Å². The molecule has 0 spiro atoms. The molecule has 9 heteroatoms. The number of aliphatic hydroxyl groups excluding tert-OH is 1. The molecule has 1 saturated heterocycles. The zero-order valence-electron chi connectivity index (χ0n) is 13.3. The number of sulfonamides is 1. The van der Waals surface area contributed by atoms with Crippen molar-refractivity contribution in [1.29, 1.82) is 0 Å². The molecule has 8 nitrogen and oxygen atoms in total. The largest absolute Gasteiger partial charge is 0.484 e. The summed E-state index contributed by atoms with van der Waals surface area (Å²) in [5.74, 6) is 0.113. The quantitative estimate of drug-likeness (QED) is 0.612. The number of aliphatic hydroxyl groups is 1. The van der Waals surface area contributed by atoms with Crippen LogP contribution in [0, 0.1) is 0 Å². The maximum atomic E-state index is 12.5. The van der Waals surface area contributed by atoms with Crippen molar-refractivity contribution < 1.29 is 27.8 Å². The molecule has 2 rings (SSSR count). The van der Waals surface area contributed by atoms with Crippen LogP contribution in [0.2, 0.25) is 0 Å². The van der Waals surface area contributed by atoms with E-state index in [2.05, 4.69) is 5.32 Å². The average molecular weight is 358 g/mol. The number of morpholine rings is 1. The average Bonchev–Trinajstić information content (AvgIpc) is 2.61. The molecular formula is C15H22N2O6S. The fourth-order valence-electron chi connectivity index (χ4n) is 2.15. The maximum absolute atomic E-state index is 12.5. The lowest BCUT2D eigenvalue weighted by Gasteiger charge is -2.26. The summed E-state index contributed by atoms with van der Waals surface area (Å²) in [6, 6.07) is 5.97. The molecule has 0 aromatic heterocycles. The Labute approximate surface area is 141 Å². The monoisotopic (exact) mass is 358 g/mol. The summed E-state index contributed by atoms with van der Waals surface area (Å²) in [6.07, 6.45) is 0.486. The summed E-state index contributed by atoms with van der Waals surface area (Å²) in [5.41, 5.74) is 0. The van der Waals surface area contributed by atoms with Crippen molar-refractivity contribution in [3.8, 4) is 5.75 Å². The SMILES string of the molecule is O=C(COc1ccc(S(=O)(=O)N2CCOCC2)cc1)NCCCO. The van der Waals surface area contributed by atoms with Gasteiger partial charge < -0.3 is 19.9 Å². The van der Waals surface area contributed by atoms with Crippen LogP contribution in [-0.2, 0) is 19.6 Å². The molecule has 0 bridgehead atoms. The molecule has 1 fully saturated rings. The number of rotatable bonds is 8. The van der Waals surface area contributed by atoms with E-state index in [1.54, 1.807) is 0 Å². The first-order valence-corrected chi connectivity index (χ1v) is 9.16. The highest BCUT2D eigenvalue weighted by atomic mass is 32.2. The van der Waals surface area contributed by atoms with Gasteiger partial charge in [-0.1, -0.05) is 0 Å². The smallest absolute Gasteiger partial charge is 0.257 e. The van der Waals surface area contributed by atoms with Gasteiger partial charge >= 0.3 is 0 Å². The fraction of sp³-hybridized carbons (Fsp3) is 0.533. The lowest BCUT2D eigenvalue weighted by molar-refractivity contribution is -0.123. The number of amides is 1. The number of carbonyl (C=O) groups is 1. The third kappa shape index (κ3) is 5.17. The summed E-state index contributed by atoms with van der Waals surface area (Å²) < 4.78 is 36.8. The first kappa shape index (κ1) is 18.7. The minimum Gasteiger partial charge on any atom is -0.484 e. The zero-order valence-corrected chi connectivity index (χ0v) is 14.1. The van der Waals surface area contributed by atoms with E-state index in [1.165, 1.54) is 28.6 Å². The van der Waals surface area contributed by atoms with Gasteiger partial charge in [-0.3, -0.25) is 4.79 Å². The Kier molecular flexibility index (Phi) is 6.98. The van der Waals surface area contributed by atoms with E-state index >= 15 is 0 Å². The van der Waals surface area contributed by atoms with E-state index in [1.807, 2.05) is 0 Å². The number of hydrogen-bond donors (Lipinski definition) is 2. The molecule has 1 aliphatic rings. The Hall–Kier alpha value is -1.68. The van der Waals surface area contributed by atoms with Crippen molar-refractivity contribution in [2.45, 2.75) is 11.3 Å². The maximum Gasteiger partial charge on any atom is 0.257 e. The molecule has 24 heavy (non-hydrogen) atoms. The lowest BCUT2D eigenvalue weighted by Crippen LogP contribution is -2.40. The number of nitrogens with zero attached hydrogens (tertiary/aromatic N) is 1. The van der Waals surface area contributed by atoms with Crippen molar-refractivity contribution in [3.05, 3.63) is 24.3 Å². The van der Waals surface area contributed by atoms with Gasteiger partial charge in [0, 0.05) is 26.2 Å². The van der Waals surface area contributed by atoms with Gasteiger partial charge in [0.2, 0.25) is 10.0 Å². The first-order valence-electron chi connectivity index (χ1n) is 7.72. The van der Waals surface area contributed by atoms with Crippen LogP contribution in [0.5, 0.6) is 5.75 Å². The predicted molar refractivity (Wildman–Crippen MR) is 86.2 cm³/mol. The van der Waals surface area contributed by atoms with Crippen LogP contribution in [0.1, 0.15) is 6.42 Å². The third-order valence-electron chi connectivity index (χ3n) is 3.46. The van der Waals surface area contributed by atoms with Crippen LogP contribution < -0.4 is 10.1 Å². The first-order chi connectivity index (χ1) is 11.5. The van der Waals surface area contributed by atoms with Crippen LogP contribution in [-0.4, -0.2) is 69.8 Å². The van der Waals surface area contributed by atoms with Crippen molar-refractivity contribution >= 4 is 15.9 Å². The van der Waals surface area contributed by atoms with Crippen molar-refractivity contribution in [3.63, 3.8) is 0 Å². The van der Waals surface area contributed by atoms with E-state index in [-0.39, 0.29) is 24.0 Å². The van der Waals surface area contributed by atoms with E-state index in [0.29, 0.717) is 45.0 Å². The molecule has 0 atom stereocenters. The zero-order chi connectivity index (χ0) is 17.4. The van der Waals surface area contributed by atoms with E-state index < -0.39 is 10.0 Å². The van der Waals surface area contributed by atoms with Crippen LogP contribution in [0.25, 0.3) is 0 Å². The summed E-state index contributed by atoms with van der Waals surface area (Å²) >= 11 is 0. The second kappa shape index (κ2) is 8.97. The molecule has 0 saturated carbocycles. The van der Waals surface area contributed by atoms with Gasteiger partial charge in [-0.2, -0.15) is 4.31 Å². The molecule has 1 aromatic rings. The van der Waals surface area contributed by atoms with Crippen LogP contribution in [0.15, 0.2) is 29.2 Å². The highest BCUT2D eigenvalue weighted by molar-refractivity contribution is 7.89. The van der Waals surface area contributed by atoms with Crippen molar-refractivity contribution in [1.82, 2.24) is 9.62 Å². The van der Waals surface area contributed by atoms with Gasteiger partial charge in [0.25, 0.3) is 5.91 Å². The van der Waals surface area contributed by atoms with Crippen LogP contribution >= 0.6 is 0 Å². The molecule has 2 N–H and O–H groups in total. The Balaban J connectivity index is 1.89. The molecule has 0 aliphatic carbocycles. The highest BCUT2D eigenvalue weighted by Gasteiger charge is 2.26. The second-order valence-electron chi connectivity index (χ2n) is 5.20. The number of carbonyl (C=O) groups excluding carboxylic acids is 1. The van der Waals surface area contributed by atoms with Crippen molar-refractivity contribution in [2.24, 2.45) is 0 Å². The highest BCUT2D eigenvalue weighted by Crippen LogP contribution is 2.20. The van der Waals surface area contributed by atoms with Gasteiger partial charge in [-0.25, -0.2) is 8.42 Å². The number of benzene rings is 1. The molecular weight excluding hydrogens is 336 g/mol. The predicted octanol–water partition coefficient (Wildman–Crippen LogP) is -0.415. The van der Waals surface area contributed by atoms with Gasteiger partial charge in [-0.15, -0.1) is 0 Å². The van der Waals surface area contributed by atoms with E-state index in [9.17, 15) is 13.2 Å². The van der Waals surface area contributed by atoms with Crippen molar-refractivity contribution in [2.75, 3.05) is 46.1 Å². The number of ether oxygens (including phenoxy) is 2. The topological polar surface area (TPSA) is 105 Å². The van der Waals surface area contributed by atoms with E-state index in [4.69, 9.17) is 14.6 Å². The minimum absolute atomic E-state index is 0.0141. The lowest BCUT2D eigenvalue weighted by atomic mass is 10.3. The number of nitrogens with one attached hydrogen (secondary N) is 1. The Morgan fingerprint density at radius 3 is 2.54 bits per heavy atom. The van der Waals surface area contributed by atoms with Gasteiger partial charge in [0.05, 0.1) is 18.1 Å². The second-order valence-corrected chi connectivity index (χ2v) is 7.14. The summed E-state index contributed by atoms with van der Waals surface area (Å²) in [5, 5.41) is 11.2. The molecule has 134 valence electrons. The summed E-state index contributed by atoms with van der Waals surface area (Å²) in [4.78, 5) is 11.7. The third-order valence-corrected chi connectivity index (χ3v) is 5.37. The Morgan fingerprint density at radius 2 is 1.92 bits per heavy atom. The minimum atomic E-state index is -3.53. The number of hydrogen-bond acceptors (Lipinski definition) is 6. The normalized spacial score (nSPS) is 15.9. The van der Waals surface area contributed by atoms with E-state index in [0.717, 1.165) is 0 Å². The summed E-state index contributed by atoms with van der Waals surface area (Å²) in [6.45, 7) is 1.71. The van der Waals surface area contributed by atoms with Gasteiger partial charge in [0.1, 0.15) is 5.75 Å². The molecule has 0 radical (unpaired) electrons. The van der Waals surface area contributed by atoms with Gasteiger partial charge in [-0.05, 0) is 30.7 Å². The summed E-state index contributed by atoms with van der Waals surface area (Å²) in [7, 11) is -3.53. The molecule has 1 aliphatic heterocycles.